The Morgan fingerprint density at radius 2 is 0.495 bits per heavy atom. The minimum absolute atomic E-state index is 0.0543. The molecule has 6 aromatic carbocycles. The highest BCUT2D eigenvalue weighted by Gasteiger charge is 2.84. The van der Waals surface area contributed by atoms with E-state index in [1.807, 2.05) is 0 Å². The lowest BCUT2D eigenvalue weighted by Gasteiger charge is -2.34. The third-order valence-corrected chi connectivity index (χ3v) is 26.9. The van der Waals surface area contributed by atoms with E-state index in [1.54, 1.807) is 43.2 Å². The fourth-order valence-electron chi connectivity index (χ4n) is 15.6. The molecule has 6 aliphatic rings. The first-order valence-electron chi connectivity index (χ1n) is 35.2. The molecule has 6 fully saturated rings. The highest BCUT2D eigenvalue weighted by Crippen LogP contribution is 2.56. The minimum atomic E-state index is -7.43. The van der Waals surface area contributed by atoms with E-state index >= 15 is 0 Å². The van der Waals surface area contributed by atoms with Gasteiger partial charge in [-0.3, -0.25) is 0 Å². The molecule has 99 heavy (non-hydrogen) atoms. The first-order chi connectivity index (χ1) is 47.0. The lowest BCUT2D eigenvalue weighted by molar-refractivity contribution is -0.382. The standard InChI is InChI=1S/2C36H45S.C4HF9O3S.CHF3O3S/c2*1-6-16-28(17-7-1)31-26-34(29-18-8-2-9-19-29)36(35(27-31)30-20-10-3-11-21-30)37(32-22-12-4-13-23-32)33-24-14-5-15-25-33;5-1(6,3(9,10)11)2(7,8)4(12,13)17(14,15)16;2-1(3,4)8(5,6)7/h2*4-5,12-15,22-30H,1-3,6-11,16-21H2;(H,14,15,16);(H,5,6,7)/q2*+1;;/p-2. The maximum Gasteiger partial charge on any atom is 0.485 e. The van der Waals surface area contributed by atoms with Gasteiger partial charge in [-0.1, -0.05) is 213 Å². The molecule has 0 saturated heterocycles. The molecule has 22 heteroatoms. The van der Waals surface area contributed by atoms with E-state index in [0.717, 1.165) is 35.5 Å². The summed E-state index contributed by atoms with van der Waals surface area (Å²) in [5.41, 5.74) is 4.76. The number of rotatable bonds is 15. The Balaban J connectivity index is 0.000000174. The largest absolute Gasteiger partial charge is 0.743 e. The first kappa shape index (κ1) is 78.1. The van der Waals surface area contributed by atoms with Gasteiger partial charge in [0.1, 0.15) is 0 Å². The molecule has 0 bridgehead atoms. The lowest BCUT2D eigenvalue weighted by Crippen LogP contribution is -2.63. The molecule has 12 rings (SSSR count). The van der Waals surface area contributed by atoms with Crippen molar-refractivity contribution in [2.75, 3.05) is 0 Å². The Bertz CT molecular complexity index is 3370. The van der Waals surface area contributed by atoms with Crippen LogP contribution in [0, 0.1) is 0 Å². The summed E-state index contributed by atoms with van der Waals surface area (Å²) in [5, 5.41) is -7.11. The summed E-state index contributed by atoms with van der Waals surface area (Å²) in [7, 11) is -13.6. The molecule has 542 valence electrons. The van der Waals surface area contributed by atoms with Gasteiger partial charge in [0.2, 0.25) is 0 Å². The van der Waals surface area contributed by atoms with Crippen LogP contribution >= 0.6 is 0 Å². The van der Waals surface area contributed by atoms with E-state index in [-0.39, 0.29) is 21.8 Å². The molecule has 0 aliphatic heterocycles. The van der Waals surface area contributed by atoms with Crippen LogP contribution in [0.3, 0.4) is 0 Å². The molecule has 0 spiro atoms. The smallest absolute Gasteiger partial charge is 0.485 e. The number of halogens is 12. The summed E-state index contributed by atoms with van der Waals surface area (Å²) < 4.78 is 194. The molecule has 0 unspecified atom stereocenters. The van der Waals surface area contributed by atoms with Gasteiger partial charge in [0.15, 0.2) is 49.6 Å². The van der Waals surface area contributed by atoms with Crippen molar-refractivity contribution in [1.29, 1.82) is 0 Å². The zero-order valence-corrected chi connectivity index (χ0v) is 58.9. The molecular formula is C77H90F12O6S4. The van der Waals surface area contributed by atoms with Gasteiger partial charge >= 0.3 is 28.8 Å². The third-order valence-electron chi connectivity index (χ3n) is 20.7. The van der Waals surface area contributed by atoms with Crippen LogP contribution in [0.2, 0.25) is 0 Å². The van der Waals surface area contributed by atoms with Crippen molar-refractivity contribution in [3.05, 3.63) is 179 Å². The van der Waals surface area contributed by atoms with Crippen LogP contribution in [0.5, 0.6) is 0 Å². The minimum Gasteiger partial charge on any atom is -0.743 e. The van der Waals surface area contributed by atoms with E-state index in [2.05, 4.69) is 146 Å². The molecule has 0 amide bonds. The zero-order chi connectivity index (χ0) is 71.2. The van der Waals surface area contributed by atoms with E-state index in [0.29, 0.717) is 0 Å². The average molecular weight is 1470 g/mol. The van der Waals surface area contributed by atoms with Gasteiger partial charge in [0.05, 0.1) is 21.8 Å². The normalized spacial score (nSPS) is 19.1. The molecule has 0 heterocycles. The highest BCUT2D eigenvalue weighted by molar-refractivity contribution is 7.97. The molecular weight excluding hydrogens is 1380 g/mol. The van der Waals surface area contributed by atoms with E-state index in [1.165, 1.54) is 212 Å². The van der Waals surface area contributed by atoms with Gasteiger partial charge in [-0.2, -0.15) is 52.7 Å². The van der Waals surface area contributed by atoms with Crippen molar-refractivity contribution in [2.45, 2.75) is 286 Å². The fourth-order valence-corrected chi connectivity index (χ4v) is 21.1. The van der Waals surface area contributed by atoms with Gasteiger partial charge < -0.3 is 9.11 Å². The lowest BCUT2D eigenvalue weighted by atomic mass is 9.76. The van der Waals surface area contributed by atoms with Gasteiger partial charge in [-0.05, 0) is 172 Å². The van der Waals surface area contributed by atoms with Crippen LogP contribution in [0.1, 0.15) is 262 Å². The number of alkyl halides is 12. The predicted octanol–water partition coefficient (Wildman–Crippen LogP) is 23.9. The number of benzene rings is 6. The van der Waals surface area contributed by atoms with E-state index in [9.17, 15) is 65.7 Å². The number of hydrogen-bond acceptors (Lipinski definition) is 6. The third kappa shape index (κ3) is 19.3. The Hall–Kier alpha value is -5.00. The maximum atomic E-state index is 12.2. The average Bonchev–Trinajstić information content (AvgIpc) is 0.748. The van der Waals surface area contributed by atoms with Crippen LogP contribution in [-0.2, 0) is 42.0 Å². The highest BCUT2D eigenvalue weighted by atomic mass is 32.2. The van der Waals surface area contributed by atoms with Gasteiger partial charge in [0.25, 0.3) is 0 Å². The van der Waals surface area contributed by atoms with Crippen LogP contribution in [0.4, 0.5) is 52.7 Å². The van der Waals surface area contributed by atoms with Crippen molar-refractivity contribution in [3.63, 3.8) is 0 Å². The monoisotopic (exact) mass is 1470 g/mol. The zero-order valence-electron chi connectivity index (χ0n) is 55.7. The summed E-state index contributed by atoms with van der Waals surface area (Å²) in [6.07, 6.45) is 35.0. The molecule has 6 saturated carbocycles. The van der Waals surface area contributed by atoms with Gasteiger partial charge in [-0.25, -0.2) is 16.8 Å². The molecule has 0 radical (unpaired) electrons. The van der Waals surface area contributed by atoms with Crippen molar-refractivity contribution in [1.82, 2.24) is 0 Å². The fraction of sp³-hybridized carbons (Fsp3) is 0.532. The Kier molecular flexibility index (Phi) is 27.2. The Morgan fingerprint density at radius 1 is 0.293 bits per heavy atom. The van der Waals surface area contributed by atoms with Gasteiger partial charge in [-0.15, -0.1) is 0 Å². The Labute approximate surface area is 582 Å². The van der Waals surface area contributed by atoms with Crippen molar-refractivity contribution in [2.24, 2.45) is 0 Å². The van der Waals surface area contributed by atoms with E-state index in [4.69, 9.17) is 13.0 Å². The van der Waals surface area contributed by atoms with Crippen molar-refractivity contribution < 1.29 is 78.6 Å². The van der Waals surface area contributed by atoms with Crippen LogP contribution in [0.25, 0.3) is 0 Å². The van der Waals surface area contributed by atoms with Crippen LogP contribution < -0.4 is 0 Å². The second-order valence-corrected chi connectivity index (χ2v) is 34.2. The molecule has 0 N–H and O–H groups in total. The first-order valence-corrected chi connectivity index (χ1v) is 40.5. The summed E-state index contributed by atoms with van der Waals surface area (Å²) in [6, 6.07) is 57.1. The predicted molar refractivity (Wildman–Crippen MR) is 364 cm³/mol. The van der Waals surface area contributed by atoms with E-state index < -0.39 is 49.0 Å². The van der Waals surface area contributed by atoms with Crippen molar-refractivity contribution in [3.8, 4) is 0 Å². The topological polar surface area (TPSA) is 114 Å². The SMILES string of the molecule is O=S(=O)([O-])C(F)(F)C(F)(F)C(F)(F)C(F)(F)F.O=S(=O)([O-])C(F)(F)F.c1ccc([S+](c2ccccc2)c2c(C3CCCCC3)cc(C3CCCCC3)cc2C2CCCCC2)cc1.c1ccc([S+](c2ccccc2)c2c(C3CCCCC3)cc(C3CCCCC3)cc2C2CCCCC2)cc1. The second-order valence-electron chi connectivity index (χ2n) is 27.4. The Morgan fingerprint density at radius 3 is 0.677 bits per heavy atom. The number of hydrogen-bond donors (Lipinski definition) is 0. The van der Waals surface area contributed by atoms with Crippen molar-refractivity contribution >= 4 is 42.0 Å². The summed E-state index contributed by atoms with van der Waals surface area (Å²) in [6.45, 7) is 0. The van der Waals surface area contributed by atoms with Crippen LogP contribution in [-0.4, -0.2) is 54.7 Å². The summed E-state index contributed by atoms with van der Waals surface area (Å²) >= 11 is 0. The summed E-state index contributed by atoms with van der Waals surface area (Å²) in [5.74, 6) is -10.3. The van der Waals surface area contributed by atoms with Crippen LogP contribution in [0.15, 0.2) is 175 Å². The quantitative estimate of drug-likeness (QED) is 0.0438. The molecule has 6 nitrogen and oxygen atoms in total. The molecule has 0 atom stereocenters. The molecule has 6 aromatic rings. The molecule has 6 aliphatic carbocycles. The molecule has 0 aromatic heterocycles. The van der Waals surface area contributed by atoms with Gasteiger partial charge in [0, 0.05) is 22.3 Å². The second kappa shape index (κ2) is 34.5. The maximum absolute atomic E-state index is 12.2. The summed E-state index contributed by atoms with van der Waals surface area (Å²) in [4.78, 5) is 9.44.